The van der Waals surface area contributed by atoms with Gasteiger partial charge < -0.3 is 43.8 Å². The Morgan fingerprint density at radius 1 is 0.481 bits per heavy atom. The molecule has 23 heteroatoms. The fraction of sp³-hybridized carbons (Fsp3) is 0.556. The van der Waals surface area contributed by atoms with Crippen molar-refractivity contribution in [3.05, 3.63) is 114 Å². The first-order valence-electron chi connectivity index (χ1n) is 26.1. The Bertz CT molecular complexity index is 2570. The van der Waals surface area contributed by atoms with Gasteiger partial charge in [0, 0.05) is 23.1 Å². The maximum absolute atomic E-state index is 13.2. The molecule has 2 aromatic heterocycles. The number of rotatable bonds is 30. The lowest BCUT2D eigenvalue weighted by Crippen LogP contribution is -2.29. The number of carbonyl (C=O) groups excluding carboxylic acids is 2. The highest BCUT2D eigenvalue weighted by Crippen LogP contribution is 2.54. The fourth-order valence-corrected chi connectivity index (χ4v) is 12.8. The number of carbonyl (C=O) groups is 2. The number of fused-ring (bicyclic) bond motifs is 6. The number of ether oxygens (including phenoxy) is 7. The predicted octanol–water partition coefficient (Wildman–Crippen LogP) is 8.02. The normalized spacial score (nSPS) is 20.8. The quantitative estimate of drug-likeness (QED) is 0.0474. The van der Waals surface area contributed by atoms with Crippen molar-refractivity contribution in [3.8, 4) is 0 Å². The number of thioether (sulfide) groups is 2. The van der Waals surface area contributed by atoms with Gasteiger partial charge in [0.1, 0.15) is 23.7 Å². The van der Waals surface area contributed by atoms with Gasteiger partial charge in [-0.2, -0.15) is 0 Å². The number of halogens is 2. The second-order valence-electron chi connectivity index (χ2n) is 18.9. The smallest absolute Gasteiger partial charge is 0.222 e. The summed E-state index contributed by atoms with van der Waals surface area (Å²) in [4.78, 5) is 39.4. The average Bonchev–Trinajstić information content (AvgIpc) is 4.14. The molecular formula is C54H70Cl2N10O9S2. The van der Waals surface area contributed by atoms with E-state index in [-0.39, 0.29) is 47.2 Å². The van der Waals surface area contributed by atoms with Gasteiger partial charge in [0.15, 0.2) is 11.6 Å². The Balaban J connectivity index is 0.599. The van der Waals surface area contributed by atoms with Crippen molar-refractivity contribution < 1.29 is 42.7 Å². The van der Waals surface area contributed by atoms with Crippen LogP contribution < -0.4 is 10.6 Å². The molecule has 0 radical (unpaired) electrons. The lowest BCUT2D eigenvalue weighted by molar-refractivity contribution is -0.122. The van der Waals surface area contributed by atoms with Gasteiger partial charge in [0.25, 0.3) is 0 Å². The number of aryl methyl sites for hydroxylation is 2. The molecule has 6 heterocycles. The number of amides is 2. The Labute approximate surface area is 469 Å². The number of hydrogen-bond donors (Lipinski definition) is 2. The highest BCUT2D eigenvalue weighted by Gasteiger charge is 2.44. The van der Waals surface area contributed by atoms with Crippen molar-refractivity contribution >= 4 is 70.0 Å². The minimum atomic E-state index is -0.502. The maximum Gasteiger partial charge on any atom is 0.222 e. The first kappa shape index (κ1) is 58.6. The van der Waals surface area contributed by atoms with Crippen LogP contribution >= 0.6 is 46.7 Å². The Hall–Kier alpha value is -4.52. The molecule has 0 saturated heterocycles. The summed E-state index contributed by atoms with van der Waals surface area (Å²) in [6.07, 6.45) is 0.258. The molecule has 0 saturated carbocycles. The third-order valence-electron chi connectivity index (χ3n) is 13.7. The summed E-state index contributed by atoms with van der Waals surface area (Å²) in [5.74, 6) is 2.71. The molecule has 8 rings (SSSR count). The lowest BCUT2D eigenvalue weighted by atomic mass is 9.90. The molecule has 2 N–H and O–H groups in total. The van der Waals surface area contributed by atoms with E-state index in [0.29, 0.717) is 127 Å². The van der Waals surface area contributed by atoms with Crippen LogP contribution in [0.3, 0.4) is 0 Å². The molecule has 0 bridgehead atoms. The first-order chi connectivity index (χ1) is 37.4. The molecular weight excluding hydrogens is 1070 g/mol. The summed E-state index contributed by atoms with van der Waals surface area (Å²) < 4.78 is 43.7. The molecule has 416 valence electrons. The van der Waals surface area contributed by atoms with Gasteiger partial charge in [-0.3, -0.25) is 28.7 Å². The van der Waals surface area contributed by atoms with Gasteiger partial charge in [-0.05, 0) is 86.7 Å². The van der Waals surface area contributed by atoms with Crippen molar-refractivity contribution in [3.63, 3.8) is 0 Å². The van der Waals surface area contributed by atoms with Gasteiger partial charge in [-0.1, -0.05) is 58.6 Å². The molecule has 0 aliphatic carbocycles. The predicted molar refractivity (Wildman–Crippen MR) is 299 cm³/mol. The van der Waals surface area contributed by atoms with E-state index >= 15 is 0 Å². The number of nitrogens with zero attached hydrogens (tertiary/aromatic N) is 8. The van der Waals surface area contributed by atoms with Gasteiger partial charge >= 0.3 is 0 Å². The van der Waals surface area contributed by atoms with E-state index in [1.807, 2.05) is 62.4 Å². The molecule has 2 amide bonds. The molecule has 6 atom stereocenters. The summed E-state index contributed by atoms with van der Waals surface area (Å²) >= 11 is 16.1. The molecule has 4 aliphatic heterocycles. The molecule has 4 aromatic rings. The van der Waals surface area contributed by atoms with Crippen molar-refractivity contribution in [2.45, 2.75) is 77.2 Å². The summed E-state index contributed by atoms with van der Waals surface area (Å²) in [6, 6.07) is 14.4. The highest BCUT2D eigenvalue weighted by atomic mass is 35.5. The number of nitrogens with one attached hydrogen (secondary N) is 2. The molecule has 19 nitrogen and oxygen atoms in total. The maximum atomic E-state index is 13.2. The Kier molecular flexibility index (Phi) is 22.1. The third-order valence-corrected chi connectivity index (χ3v) is 17.0. The van der Waals surface area contributed by atoms with Crippen LogP contribution in [0.15, 0.2) is 79.5 Å². The van der Waals surface area contributed by atoms with E-state index in [4.69, 9.17) is 66.3 Å². The number of aliphatic imine (C=N–C) groups is 2. The van der Waals surface area contributed by atoms with Crippen molar-refractivity contribution in [1.29, 1.82) is 0 Å². The van der Waals surface area contributed by atoms with Crippen LogP contribution in [-0.4, -0.2) is 158 Å². The van der Waals surface area contributed by atoms with E-state index in [2.05, 4.69) is 67.9 Å². The Morgan fingerprint density at radius 3 is 1.12 bits per heavy atom. The van der Waals surface area contributed by atoms with Crippen molar-refractivity contribution in [1.82, 2.24) is 40.2 Å². The van der Waals surface area contributed by atoms with Gasteiger partial charge in [-0.15, -0.1) is 43.9 Å². The van der Waals surface area contributed by atoms with Crippen LogP contribution in [-0.2, 0) is 42.7 Å². The van der Waals surface area contributed by atoms with Gasteiger partial charge in [0.2, 0.25) is 11.8 Å². The van der Waals surface area contributed by atoms with Crippen molar-refractivity contribution in [2.75, 3.05) is 106 Å². The molecule has 0 spiro atoms. The number of hydrogen-bond acceptors (Lipinski definition) is 17. The van der Waals surface area contributed by atoms with Crippen LogP contribution in [0.1, 0.15) is 97.8 Å². The fourth-order valence-electron chi connectivity index (χ4n) is 9.57. The molecule has 77 heavy (non-hydrogen) atoms. The molecule has 0 fully saturated rings. The number of aromatic nitrogens is 6. The molecule has 4 aliphatic rings. The van der Waals surface area contributed by atoms with Gasteiger partial charge in [-0.25, -0.2) is 0 Å². The summed E-state index contributed by atoms with van der Waals surface area (Å²) in [7, 11) is 0. The molecule has 2 aromatic carbocycles. The zero-order chi connectivity index (χ0) is 54.3. The van der Waals surface area contributed by atoms with E-state index in [0.717, 1.165) is 34.2 Å². The van der Waals surface area contributed by atoms with E-state index in [1.165, 1.54) is 21.0 Å². The minimum Gasteiger partial charge on any atom is -0.377 e. The minimum absolute atomic E-state index is 0.0123. The monoisotopic (exact) mass is 1140 g/mol. The average molecular weight is 1140 g/mol. The standard InChI is InChI=1S/C54H70Cl2N10O9S2/c1-33-35(3)76-53-47(33)49(39-7-11-41(55)12-8-39)59-43(51-63-61-37(5)65(51)53)31-45(67)57-15-17-69-19-21-71-23-25-73-27-29-75-30-28-74-26-24-72-22-20-70-18-16-58-46(68)32-44-52-64-62-38(6)66(52)54-48(34(2)36(4)77-54)50(60-44)40-9-13-42(56)14-10-40/h7-14,43-44,47-48,53-54H,15-32H2,1-6H3,(H,57,67)(H,58,68)/t43-,44-,47?,48?,53?,54?/m0/s1. The summed E-state index contributed by atoms with van der Waals surface area (Å²) in [5.41, 5.74) is 6.31. The third kappa shape index (κ3) is 15.4. The van der Waals surface area contributed by atoms with E-state index in [9.17, 15) is 9.59 Å². The second kappa shape index (κ2) is 29.1. The van der Waals surface area contributed by atoms with Crippen LogP contribution in [0.25, 0.3) is 0 Å². The van der Waals surface area contributed by atoms with Crippen LogP contribution in [0.2, 0.25) is 10.0 Å². The van der Waals surface area contributed by atoms with Crippen molar-refractivity contribution in [2.24, 2.45) is 21.8 Å². The molecule has 4 unspecified atom stereocenters. The Morgan fingerprint density at radius 2 is 0.792 bits per heavy atom. The van der Waals surface area contributed by atoms with Crippen LogP contribution in [0, 0.1) is 25.7 Å². The zero-order valence-electron chi connectivity index (χ0n) is 44.6. The summed E-state index contributed by atoms with van der Waals surface area (Å²) in [5, 5.41) is 25.1. The topological polar surface area (TPSA) is 209 Å². The largest absolute Gasteiger partial charge is 0.377 e. The number of allylic oxidation sites excluding steroid dienone is 4. The SMILES string of the molecule is CC1=C(C)C2C(c3ccc(Cl)cc3)=N[C@@H](CC(=O)NCCOCCOCCOCCOCCOCCOCCOCCNC(=O)C[C@@H]3N=C(c4ccc(Cl)cc4)C4C(C)=C(C)SC4n4c(C)nnc43)c3nnc(C)n3C2S1. The first-order valence-corrected chi connectivity index (χ1v) is 28.7. The van der Waals surface area contributed by atoms with E-state index in [1.54, 1.807) is 23.5 Å². The van der Waals surface area contributed by atoms with Crippen LogP contribution in [0.4, 0.5) is 0 Å². The van der Waals surface area contributed by atoms with Crippen LogP contribution in [0.5, 0.6) is 0 Å². The lowest BCUT2D eigenvalue weighted by Gasteiger charge is -2.23. The summed E-state index contributed by atoms with van der Waals surface area (Å²) in [6.45, 7) is 19.0. The number of benzene rings is 2. The van der Waals surface area contributed by atoms with E-state index < -0.39 is 12.1 Å². The highest BCUT2D eigenvalue weighted by molar-refractivity contribution is 8.03. The zero-order valence-corrected chi connectivity index (χ0v) is 47.8. The second-order valence-corrected chi connectivity index (χ2v) is 22.4. The van der Waals surface area contributed by atoms with Gasteiger partial charge in [0.05, 0.1) is 139 Å².